The van der Waals surface area contributed by atoms with Crippen molar-refractivity contribution in [2.24, 2.45) is 0 Å². The summed E-state index contributed by atoms with van der Waals surface area (Å²) in [6.45, 7) is 0. The zero-order valence-corrected chi connectivity index (χ0v) is 12.9. The Morgan fingerprint density at radius 2 is 1.42 bits per heavy atom. The van der Waals surface area contributed by atoms with Gasteiger partial charge in [-0.15, -0.1) is 0 Å². The molecule has 1 heterocycles. The number of nitrogens with one attached hydrogen (secondary N) is 1. The van der Waals surface area contributed by atoms with Crippen LogP contribution in [0.2, 0.25) is 0 Å². The molecule has 0 fully saturated rings. The lowest BCUT2D eigenvalue weighted by Crippen LogP contribution is -2.32. The third kappa shape index (κ3) is 2.50. The lowest BCUT2D eigenvalue weighted by molar-refractivity contribution is -0.554. The monoisotopic (exact) mass is 315 g/mol. The van der Waals surface area contributed by atoms with Crippen molar-refractivity contribution in [2.75, 3.05) is 0 Å². The summed E-state index contributed by atoms with van der Waals surface area (Å²) in [7, 11) is -1.46. The van der Waals surface area contributed by atoms with Gasteiger partial charge in [0.1, 0.15) is 5.69 Å². The SMILES string of the molecule is OB(O)c1ccc(-c2[nH]c3ccccc3[n+]2-c2ccccc2)cc1. The Bertz CT molecular complexity index is 979. The summed E-state index contributed by atoms with van der Waals surface area (Å²) in [6, 6.07) is 25.5. The molecule has 0 saturated heterocycles. The smallest absolute Gasteiger partial charge is 0.423 e. The van der Waals surface area contributed by atoms with Gasteiger partial charge < -0.3 is 10.0 Å². The van der Waals surface area contributed by atoms with Crippen LogP contribution in [0.5, 0.6) is 0 Å². The maximum absolute atomic E-state index is 9.27. The fourth-order valence-electron chi connectivity index (χ4n) is 2.94. The predicted molar refractivity (Wildman–Crippen MR) is 95.1 cm³/mol. The standard InChI is InChI=1S/C19H15BN2O2/c23-20(24)15-12-10-14(11-13-15)19-21-17-8-4-5-9-18(17)22(19)16-6-2-1-3-7-16/h1-13,23-24H/p+1. The maximum Gasteiger partial charge on any atom is 0.488 e. The molecule has 0 spiro atoms. The van der Waals surface area contributed by atoms with Gasteiger partial charge in [0, 0.05) is 0 Å². The second-order valence-electron chi connectivity index (χ2n) is 5.66. The highest BCUT2D eigenvalue weighted by atomic mass is 16.4. The van der Waals surface area contributed by atoms with Crippen LogP contribution in [0.3, 0.4) is 0 Å². The Labute approximate surface area is 139 Å². The molecule has 116 valence electrons. The van der Waals surface area contributed by atoms with Crippen molar-refractivity contribution in [2.45, 2.75) is 0 Å². The molecule has 1 aromatic heterocycles. The highest BCUT2D eigenvalue weighted by Gasteiger charge is 2.22. The molecule has 0 aliphatic rings. The van der Waals surface area contributed by atoms with E-state index in [1.807, 2.05) is 48.5 Å². The first-order valence-corrected chi connectivity index (χ1v) is 7.79. The quantitative estimate of drug-likeness (QED) is 0.399. The third-order valence-electron chi connectivity index (χ3n) is 4.12. The fraction of sp³-hybridized carbons (Fsp3) is 0. The summed E-state index contributed by atoms with van der Waals surface area (Å²) >= 11 is 0. The number of benzene rings is 3. The number of aromatic amines is 1. The number of aromatic nitrogens is 2. The van der Waals surface area contributed by atoms with Crippen LogP contribution < -0.4 is 10.0 Å². The van der Waals surface area contributed by atoms with Crippen LogP contribution in [0.25, 0.3) is 28.1 Å². The van der Waals surface area contributed by atoms with Gasteiger partial charge >= 0.3 is 7.12 Å². The molecule has 4 rings (SSSR count). The topological polar surface area (TPSA) is 60.1 Å². The van der Waals surface area contributed by atoms with E-state index in [1.165, 1.54) is 0 Å². The Kier molecular flexibility index (Phi) is 3.65. The zero-order valence-electron chi connectivity index (χ0n) is 12.9. The summed E-state index contributed by atoms with van der Waals surface area (Å²) in [5.74, 6) is 0.946. The van der Waals surface area contributed by atoms with Crippen LogP contribution >= 0.6 is 0 Å². The third-order valence-corrected chi connectivity index (χ3v) is 4.12. The van der Waals surface area contributed by atoms with Crippen molar-refractivity contribution < 1.29 is 14.6 Å². The van der Waals surface area contributed by atoms with Crippen molar-refractivity contribution >= 4 is 23.6 Å². The van der Waals surface area contributed by atoms with Gasteiger partial charge in [0.25, 0.3) is 5.82 Å². The minimum Gasteiger partial charge on any atom is -0.423 e. The van der Waals surface area contributed by atoms with Crippen LogP contribution in [0, 0.1) is 0 Å². The van der Waals surface area contributed by atoms with Crippen LogP contribution in [0.15, 0.2) is 78.9 Å². The summed E-state index contributed by atoms with van der Waals surface area (Å²) < 4.78 is 2.17. The first kappa shape index (κ1) is 14.7. The first-order valence-electron chi connectivity index (χ1n) is 7.79. The van der Waals surface area contributed by atoms with E-state index in [-0.39, 0.29) is 0 Å². The lowest BCUT2D eigenvalue weighted by Gasteiger charge is -2.03. The summed E-state index contributed by atoms with van der Waals surface area (Å²) in [4.78, 5) is 3.47. The van der Waals surface area contributed by atoms with Crippen LogP contribution in [0.4, 0.5) is 0 Å². The number of H-pyrrole nitrogens is 1. The van der Waals surface area contributed by atoms with Crippen molar-refractivity contribution in [1.82, 2.24) is 4.98 Å². The molecule has 0 amide bonds. The molecule has 5 heteroatoms. The summed E-state index contributed by atoms with van der Waals surface area (Å²) in [6.07, 6.45) is 0. The van der Waals surface area contributed by atoms with E-state index in [0.717, 1.165) is 28.1 Å². The molecule has 4 aromatic rings. The van der Waals surface area contributed by atoms with E-state index in [0.29, 0.717) is 5.46 Å². The molecule has 4 nitrogen and oxygen atoms in total. The largest absolute Gasteiger partial charge is 0.488 e. The molecule has 0 radical (unpaired) electrons. The second-order valence-corrected chi connectivity index (χ2v) is 5.66. The summed E-state index contributed by atoms with van der Waals surface area (Å²) in [5.41, 5.74) is 4.64. The van der Waals surface area contributed by atoms with E-state index in [1.54, 1.807) is 12.1 Å². The molecule has 24 heavy (non-hydrogen) atoms. The Balaban J connectivity index is 1.95. The molecule has 3 N–H and O–H groups in total. The Morgan fingerprint density at radius 3 is 2.12 bits per heavy atom. The molecule has 0 unspecified atom stereocenters. The fourth-order valence-corrected chi connectivity index (χ4v) is 2.94. The molecule has 3 aromatic carbocycles. The van der Waals surface area contributed by atoms with Gasteiger partial charge in [0.15, 0.2) is 11.0 Å². The zero-order chi connectivity index (χ0) is 16.5. The summed E-state index contributed by atoms with van der Waals surface area (Å²) in [5, 5.41) is 18.5. The van der Waals surface area contributed by atoms with E-state index in [4.69, 9.17) is 0 Å². The minimum absolute atomic E-state index is 0.473. The van der Waals surface area contributed by atoms with Crippen molar-refractivity contribution in [1.29, 1.82) is 0 Å². The molecule has 0 bridgehead atoms. The number of hydrogen-bond donors (Lipinski definition) is 3. The predicted octanol–water partition coefficient (Wildman–Crippen LogP) is 1.79. The average Bonchev–Trinajstić information content (AvgIpc) is 3.02. The number of imidazole rings is 1. The van der Waals surface area contributed by atoms with Crippen LogP contribution in [-0.2, 0) is 0 Å². The highest BCUT2D eigenvalue weighted by molar-refractivity contribution is 6.58. The van der Waals surface area contributed by atoms with E-state index in [9.17, 15) is 10.0 Å². The molecular weight excluding hydrogens is 299 g/mol. The molecule has 0 aliphatic carbocycles. The van der Waals surface area contributed by atoms with Gasteiger partial charge in [0.05, 0.1) is 5.56 Å². The van der Waals surface area contributed by atoms with Gasteiger partial charge in [0.2, 0.25) is 0 Å². The van der Waals surface area contributed by atoms with Crippen LogP contribution in [0.1, 0.15) is 0 Å². The Morgan fingerprint density at radius 1 is 0.750 bits per heavy atom. The first-order chi connectivity index (χ1) is 11.7. The lowest BCUT2D eigenvalue weighted by atomic mass is 9.80. The van der Waals surface area contributed by atoms with Crippen molar-refractivity contribution in [3.63, 3.8) is 0 Å². The average molecular weight is 315 g/mol. The second kappa shape index (κ2) is 5.96. The molecular formula is C19H16BN2O2+. The molecule has 0 atom stereocenters. The maximum atomic E-state index is 9.27. The number of para-hydroxylation sites is 3. The number of hydrogen-bond acceptors (Lipinski definition) is 2. The number of fused-ring (bicyclic) bond motifs is 1. The normalized spacial score (nSPS) is 10.9. The molecule has 0 saturated carbocycles. The van der Waals surface area contributed by atoms with Crippen molar-refractivity contribution in [3.8, 4) is 17.1 Å². The van der Waals surface area contributed by atoms with Gasteiger partial charge in [-0.2, -0.15) is 4.57 Å². The van der Waals surface area contributed by atoms with E-state index >= 15 is 0 Å². The van der Waals surface area contributed by atoms with E-state index < -0.39 is 7.12 Å². The number of nitrogens with zero attached hydrogens (tertiary/aromatic N) is 1. The Hall–Kier alpha value is -2.89. The van der Waals surface area contributed by atoms with Gasteiger partial charge in [-0.3, -0.25) is 0 Å². The number of rotatable bonds is 3. The van der Waals surface area contributed by atoms with Gasteiger partial charge in [-0.25, -0.2) is 4.98 Å². The van der Waals surface area contributed by atoms with Crippen LogP contribution in [-0.4, -0.2) is 22.2 Å². The highest BCUT2D eigenvalue weighted by Crippen LogP contribution is 2.20. The van der Waals surface area contributed by atoms with Gasteiger partial charge in [-0.1, -0.05) is 42.5 Å². The minimum atomic E-state index is -1.46. The van der Waals surface area contributed by atoms with Crippen molar-refractivity contribution in [3.05, 3.63) is 78.9 Å². The van der Waals surface area contributed by atoms with Gasteiger partial charge in [-0.05, 0) is 41.9 Å². The van der Waals surface area contributed by atoms with E-state index in [2.05, 4.69) is 27.8 Å². The molecule has 0 aliphatic heterocycles.